The molecular weight excluding hydrogens is 579 g/mol. The van der Waals surface area contributed by atoms with Crippen LogP contribution in [0.3, 0.4) is 0 Å². The molecule has 0 aromatic rings. The number of aliphatic hydroxyl groups is 1. The maximum absolute atomic E-state index is 12.1. The van der Waals surface area contributed by atoms with E-state index in [1.54, 1.807) is 0 Å². The fourth-order valence-electron chi connectivity index (χ4n) is 9.59. The highest BCUT2D eigenvalue weighted by Gasteiger charge is 2.65. The zero-order chi connectivity index (χ0) is 26.8. The molecule has 0 radical (unpaired) electrons. The van der Waals surface area contributed by atoms with Crippen LogP contribution in [0.15, 0.2) is 0 Å². The average molecular weight is 633 g/mol. The van der Waals surface area contributed by atoms with Crippen LogP contribution in [0.4, 0.5) is 0 Å². The van der Waals surface area contributed by atoms with Crippen LogP contribution in [0.5, 0.6) is 0 Å². The SMILES string of the molecule is CC[C@H]1[C@@H](O)C2C3CCC([C@H](I)CC(=O)O)[C@@]3(C)CCC2[C@@]2(C)CCC(O[Si](C)(C)C(C)(C)C)C[C@@H]12. The number of carbonyl (C=O) groups is 1. The second kappa shape index (κ2) is 10.1. The second-order valence-electron chi connectivity index (χ2n) is 15.1. The Morgan fingerprint density at radius 3 is 2.25 bits per heavy atom. The first kappa shape index (κ1) is 29.3. The standard InChI is InChI=1S/C30H53IO4Si/c1-9-19-23-16-18(35-36(7,8)28(2,3)4)12-14-30(23,6)22-13-15-29(5)20(24(31)17-25(32)33)10-11-21(29)26(22)27(19)34/h18-24,26-27,34H,9-17H2,1-8H3,(H,32,33)/t18?,19-,20?,21?,22?,23+,24-,26?,27-,29-,30-/m1/s1. The summed E-state index contributed by atoms with van der Waals surface area (Å²) in [5.41, 5.74) is 0.440. The number of aliphatic carboxylic acids is 1. The second-order valence-corrected chi connectivity index (χ2v) is 21.4. The molecule has 4 saturated carbocycles. The Hall–Kier alpha value is 0.337. The number of carboxylic acids is 1. The molecule has 36 heavy (non-hydrogen) atoms. The van der Waals surface area contributed by atoms with Crippen molar-refractivity contribution in [1.29, 1.82) is 0 Å². The number of halogens is 1. The predicted octanol–water partition coefficient (Wildman–Crippen LogP) is 7.92. The van der Waals surface area contributed by atoms with Crippen molar-refractivity contribution < 1.29 is 19.4 Å². The van der Waals surface area contributed by atoms with Gasteiger partial charge in [0.2, 0.25) is 0 Å². The molecule has 0 aromatic heterocycles. The van der Waals surface area contributed by atoms with Crippen molar-refractivity contribution >= 4 is 36.9 Å². The van der Waals surface area contributed by atoms with Gasteiger partial charge in [-0.05, 0) is 109 Å². The van der Waals surface area contributed by atoms with E-state index in [2.05, 4.69) is 77.2 Å². The number of carboxylic acid groups (broad SMARTS) is 1. The fourth-order valence-corrected chi connectivity index (χ4v) is 12.5. The average Bonchev–Trinajstić information content (AvgIpc) is 3.11. The Labute approximate surface area is 235 Å². The predicted molar refractivity (Wildman–Crippen MR) is 158 cm³/mol. The van der Waals surface area contributed by atoms with Gasteiger partial charge in [0, 0.05) is 10.0 Å². The molecule has 0 saturated heterocycles. The number of rotatable bonds is 6. The van der Waals surface area contributed by atoms with Crippen molar-refractivity contribution in [3.05, 3.63) is 0 Å². The van der Waals surface area contributed by atoms with Gasteiger partial charge < -0.3 is 14.6 Å². The van der Waals surface area contributed by atoms with Gasteiger partial charge in [0.15, 0.2) is 8.32 Å². The monoisotopic (exact) mass is 632 g/mol. The van der Waals surface area contributed by atoms with Crippen LogP contribution in [0, 0.1) is 46.3 Å². The summed E-state index contributed by atoms with van der Waals surface area (Å²) < 4.78 is 7.15. The summed E-state index contributed by atoms with van der Waals surface area (Å²) >= 11 is 2.42. The van der Waals surface area contributed by atoms with Crippen LogP contribution < -0.4 is 0 Å². The lowest BCUT2D eigenvalue weighted by Gasteiger charge is -2.65. The van der Waals surface area contributed by atoms with Gasteiger partial charge in [-0.15, -0.1) is 0 Å². The van der Waals surface area contributed by atoms with E-state index in [1.165, 1.54) is 19.3 Å². The highest BCUT2D eigenvalue weighted by atomic mass is 127. The largest absolute Gasteiger partial charge is 0.481 e. The Balaban J connectivity index is 1.59. The van der Waals surface area contributed by atoms with Crippen molar-refractivity contribution in [3.8, 4) is 0 Å². The van der Waals surface area contributed by atoms with E-state index in [-0.39, 0.29) is 32.3 Å². The van der Waals surface area contributed by atoms with Crippen molar-refractivity contribution in [3.63, 3.8) is 0 Å². The van der Waals surface area contributed by atoms with Crippen LogP contribution in [0.2, 0.25) is 18.1 Å². The molecule has 208 valence electrons. The van der Waals surface area contributed by atoms with Crippen LogP contribution in [0.1, 0.15) is 99.3 Å². The molecule has 11 atom stereocenters. The van der Waals surface area contributed by atoms with Crippen LogP contribution in [0.25, 0.3) is 0 Å². The minimum Gasteiger partial charge on any atom is -0.481 e. The van der Waals surface area contributed by atoms with Crippen LogP contribution >= 0.6 is 22.6 Å². The molecule has 0 amide bonds. The molecule has 4 rings (SSSR count). The van der Waals surface area contributed by atoms with Crippen LogP contribution in [-0.2, 0) is 9.22 Å². The molecule has 6 heteroatoms. The van der Waals surface area contributed by atoms with Gasteiger partial charge in [-0.2, -0.15) is 0 Å². The van der Waals surface area contributed by atoms with Gasteiger partial charge in [0.05, 0.1) is 12.5 Å². The third-order valence-electron chi connectivity index (χ3n) is 12.5. The summed E-state index contributed by atoms with van der Waals surface area (Å²) in [6, 6.07) is 0. The molecule has 0 heterocycles. The maximum atomic E-state index is 12.1. The fraction of sp³-hybridized carbons (Fsp3) is 0.967. The first-order valence-electron chi connectivity index (χ1n) is 14.8. The lowest BCUT2D eigenvalue weighted by molar-refractivity contribution is -0.201. The molecule has 4 fully saturated rings. The quantitative estimate of drug-likeness (QED) is 0.177. The Morgan fingerprint density at radius 1 is 1.06 bits per heavy atom. The zero-order valence-electron chi connectivity index (χ0n) is 24.1. The van der Waals surface area contributed by atoms with Gasteiger partial charge in [-0.25, -0.2) is 0 Å². The summed E-state index contributed by atoms with van der Waals surface area (Å²) in [5.74, 6) is 2.13. The lowest BCUT2D eigenvalue weighted by atomic mass is 9.41. The van der Waals surface area contributed by atoms with Gasteiger partial charge in [-0.3, -0.25) is 4.79 Å². The first-order valence-corrected chi connectivity index (χ1v) is 18.9. The van der Waals surface area contributed by atoms with Crippen LogP contribution in [-0.4, -0.2) is 40.6 Å². The highest BCUT2D eigenvalue weighted by Crippen LogP contribution is 2.69. The van der Waals surface area contributed by atoms with E-state index in [4.69, 9.17) is 4.43 Å². The van der Waals surface area contributed by atoms with Crippen molar-refractivity contribution in [2.75, 3.05) is 0 Å². The number of hydrogen-bond acceptors (Lipinski definition) is 3. The summed E-state index contributed by atoms with van der Waals surface area (Å²) in [6.45, 7) is 19.1. The van der Waals surface area contributed by atoms with E-state index in [9.17, 15) is 15.0 Å². The number of alkyl halides is 1. The molecule has 0 spiro atoms. The first-order chi connectivity index (χ1) is 16.6. The molecule has 4 aliphatic rings. The van der Waals surface area contributed by atoms with Gasteiger partial charge in [0.1, 0.15) is 0 Å². The zero-order valence-corrected chi connectivity index (χ0v) is 27.3. The van der Waals surface area contributed by atoms with E-state index >= 15 is 0 Å². The highest BCUT2D eigenvalue weighted by molar-refractivity contribution is 14.1. The molecule has 2 N–H and O–H groups in total. The van der Waals surface area contributed by atoms with E-state index in [0.717, 1.165) is 32.1 Å². The van der Waals surface area contributed by atoms with Gasteiger partial charge >= 0.3 is 5.97 Å². The van der Waals surface area contributed by atoms with Crippen molar-refractivity contribution in [2.45, 2.75) is 134 Å². The summed E-state index contributed by atoms with van der Waals surface area (Å²) in [7, 11) is -1.82. The maximum Gasteiger partial charge on any atom is 0.304 e. The van der Waals surface area contributed by atoms with Crippen molar-refractivity contribution in [1.82, 2.24) is 0 Å². The smallest absolute Gasteiger partial charge is 0.304 e. The Bertz CT molecular complexity index is 826. The number of hydrogen-bond donors (Lipinski definition) is 2. The normalized spacial score (nSPS) is 45.9. The number of aliphatic hydroxyl groups excluding tert-OH is 1. The van der Waals surface area contributed by atoms with E-state index < -0.39 is 14.3 Å². The van der Waals surface area contributed by atoms with Gasteiger partial charge in [-0.1, -0.05) is 70.6 Å². The minimum absolute atomic E-state index is 0.160. The molecular formula is C30H53IO4Si. The summed E-state index contributed by atoms with van der Waals surface area (Å²) in [6.07, 6.45) is 9.57. The summed E-state index contributed by atoms with van der Waals surface area (Å²) in [4.78, 5) is 11.5. The third kappa shape index (κ3) is 4.78. The Kier molecular flexibility index (Phi) is 8.20. The van der Waals surface area contributed by atoms with E-state index in [0.29, 0.717) is 41.6 Å². The molecule has 0 aliphatic heterocycles. The minimum atomic E-state index is -1.82. The Morgan fingerprint density at radius 2 is 1.67 bits per heavy atom. The topological polar surface area (TPSA) is 66.8 Å². The van der Waals surface area contributed by atoms with E-state index in [1.807, 2.05) is 0 Å². The van der Waals surface area contributed by atoms with Gasteiger partial charge in [0.25, 0.3) is 0 Å². The molecule has 5 unspecified atom stereocenters. The summed E-state index contributed by atoms with van der Waals surface area (Å²) in [5, 5.41) is 21.8. The molecule has 4 nitrogen and oxygen atoms in total. The number of fused-ring (bicyclic) bond motifs is 5. The lowest BCUT2D eigenvalue weighted by Crippen LogP contribution is -2.62. The molecule has 0 bridgehead atoms. The molecule has 4 aliphatic carbocycles. The third-order valence-corrected chi connectivity index (χ3v) is 18.4. The van der Waals surface area contributed by atoms with Crippen molar-refractivity contribution in [2.24, 2.45) is 46.3 Å². The molecule has 0 aromatic carbocycles.